The smallest absolute Gasteiger partial charge is 0.323 e. The highest BCUT2D eigenvalue weighted by Crippen LogP contribution is 2.42. The van der Waals surface area contributed by atoms with Gasteiger partial charge in [-0.15, -0.1) is 0 Å². The molecule has 14 nitrogen and oxygen atoms in total. The van der Waals surface area contributed by atoms with E-state index in [9.17, 15) is 24.0 Å². The average molecular weight is 929 g/mol. The summed E-state index contributed by atoms with van der Waals surface area (Å²) in [5.74, 6) is -2.33. The number of benzene rings is 2. The molecule has 0 unspecified atom stereocenters. The molecule has 7 rings (SSSR count). The first-order chi connectivity index (χ1) is 31.7. The van der Waals surface area contributed by atoms with Crippen molar-refractivity contribution in [2.75, 3.05) is 40.4 Å². The van der Waals surface area contributed by atoms with Gasteiger partial charge in [-0.2, -0.15) is 0 Å². The Morgan fingerprint density at radius 1 is 1.06 bits per heavy atom. The molecular weight excluding hydrogens is 863 g/mol. The monoisotopic (exact) mass is 928 g/mol. The van der Waals surface area contributed by atoms with E-state index >= 15 is 0 Å². The fourth-order valence-electron chi connectivity index (χ4n) is 10.2. The van der Waals surface area contributed by atoms with E-state index in [4.69, 9.17) is 14.5 Å². The van der Waals surface area contributed by atoms with Gasteiger partial charge in [-0.3, -0.25) is 34.0 Å². The van der Waals surface area contributed by atoms with Crippen molar-refractivity contribution < 1.29 is 33.4 Å². The fraction of sp³-hybridized carbons (Fsp3) is 0.500. The van der Waals surface area contributed by atoms with Crippen molar-refractivity contribution in [3.05, 3.63) is 90.3 Å². The molecule has 5 heterocycles. The van der Waals surface area contributed by atoms with E-state index < -0.39 is 45.9 Å². The van der Waals surface area contributed by atoms with Crippen molar-refractivity contribution in [1.82, 2.24) is 35.1 Å². The van der Waals surface area contributed by atoms with E-state index in [0.29, 0.717) is 38.8 Å². The summed E-state index contributed by atoms with van der Waals surface area (Å²) >= 11 is 0. The normalized spacial score (nSPS) is 23.1. The Bertz CT molecular complexity index is 2570. The van der Waals surface area contributed by atoms with Gasteiger partial charge < -0.3 is 29.2 Å². The number of hydrogen-bond acceptors (Lipinski definition) is 9. The van der Waals surface area contributed by atoms with Crippen molar-refractivity contribution in [2.24, 2.45) is 16.7 Å². The summed E-state index contributed by atoms with van der Waals surface area (Å²) in [7, 11) is 7.03. The number of carbonyl (C=O) groups excluding carboxylic acids is 5. The number of aryl methyl sites for hydroxylation is 1. The second-order valence-electron chi connectivity index (χ2n) is 20.0. The van der Waals surface area contributed by atoms with Gasteiger partial charge in [0, 0.05) is 74.8 Å². The van der Waals surface area contributed by atoms with E-state index in [0.717, 1.165) is 50.1 Å². The third-order valence-corrected chi connectivity index (χ3v) is 14.4. The van der Waals surface area contributed by atoms with E-state index in [-0.39, 0.29) is 50.0 Å². The van der Waals surface area contributed by atoms with Crippen molar-refractivity contribution in [1.29, 1.82) is 0 Å². The molecule has 2 saturated heterocycles. The van der Waals surface area contributed by atoms with Crippen LogP contribution in [0.4, 0.5) is 0 Å². The third-order valence-electron chi connectivity index (χ3n) is 13.9. The van der Waals surface area contributed by atoms with Gasteiger partial charge in [0.05, 0.1) is 39.8 Å². The minimum absolute atomic E-state index is 0.0885. The zero-order valence-electron chi connectivity index (χ0n) is 40.5. The highest BCUT2D eigenvalue weighted by molar-refractivity contribution is 6.27. The summed E-state index contributed by atoms with van der Waals surface area (Å²) in [6, 6.07) is 16.5. The lowest BCUT2D eigenvalue weighted by molar-refractivity contribution is -0.158. The number of carbonyl (C=O) groups is 5. The first-order valence-corrected chi connectivity index (χ1v) is 24.0. The Balaban J connectivity index is 1.31. The molecule has 4 amide bonds. The highest BCUT2D eigenvalue weighted by atomic mass is 28.1. The minimum atomic E-state index is -1.42. The topological polar surface area (TPSA) is 155 Å². The van der Waals surface area contributed by atoms with Crippen LogP contribution in [0.3, 0.4) is 0 Å². The first-order valence-electron chi connectivity index (χ1n) is 23.5. The molecule has 2 fully saturated rings. The van der Waals surface area contributed by atoms with Crippen LogP contribution in [0, 0.1) is 16.7 Å². The van der Waals surface area contributed by atoms with Crippen LogP contribution in [-0.2, 0) is 52.8 Å². The Kier molecular flexibility index (Phi) is 14.4. The Morgan fingerprint density at radius 2 is 1.81 bits per heavy atom. The maximum Gasteiger partial charge on any atom is 0.323 e. The molecule has 0 aliphatic carbocycles. The Hall–Kier alpha value is -5.64. The lowest BCUT2D eigenvalue weighted by atomic mass is 9.84. The number of hydrogen-bond donors (Lipinski definition) is 2. The van der Waals surface area contributed by atoms with Crippen LogP contribution >= 0.6 is 0 Å². The average Bonchev–Trinajstić information content (AvgIpc) is 3.86. The van der Waals surface area contributed by atoms with E-state index in [1.54, 1.807) is 25.3 Å². The molecule has 15 heteroatoms. The van der Waals surface area contributed by atoms with Crippen LogP contribution in [0.15, 0.2) is 73.4 Å². The molecule has 5 atom stereocenters. The van der Waals surface area contributed by atoms with Crippen LogP contribution in [0.2, 0.25) is 0 Å². The quantitative estimate of drug-likeness (QED) is 0.108. The molecule has 2 N–H and O–H groups in total. The second kappa shape index (κ2) is 19.5. The van der Waals surface area contributed by atoms with Gasteiger partial charge in [-0.1, -0.05) is 64.6 Å². The number of likely N-dealkylation sites (N-methyl/N-ethyl adjacent to an activating group) is 1. The number of methoxy groups -OCH3 is 1. The number of rotatable bonds is 10. The van der Waals surface area contributed by atoms with Gasteiger partial charge in [0.25, 0.3) is 5.91 Å². The van der Waals surface area contributed by atoms with E-state index in [1.165, 1.54) is 16.0 Å². The lowest BCUT2D eigenvalue weighted by Gasteiger charge is -2.42. The molecule has 0 saturated carbocycles. The van der Waals surface area contributed by atoms with Crippen molar-refractivity contribution in [3.8, 4) is 22.4 Å². The highest BCUT2D eigenvalue weighted by Gasteiger charge is 2.47. The SMILES string of the molecule is C=CC(=O)N1CC[C@](C)(C(=O)N(C)[C@H](C(=O)N[C@H]2Cc3cccc(c3)-c3ccc4c(c3)c(c(-c3cccnc3[C@H](C)OC)n4CC)CC(C)(C)COC(=O)[C@@]3([Si])CCCN(N3)C2=O)C(C)C)C1. The number of aromatic nitrogens is 2. The summed E-state index contributed by atoms with van der Waals surface area (Å²) in [4.78, 5) is 78.3. The molecule has 3 aliphatic rings. The minimum Gasteiger partial charge on any atom is -0.464 e. The van der Waals surface area contributed by atoms with Crippen LogP contribution in [0.1, 0.15) is 90.7 Å². The van der Waals surface area contributed by atoms with Crippen LogP contribution in [0.5, 0.6) is 0 Å². The van der Waals surface area contributed by atoms with Gasteiger partial charge >= 0.3 is 5.97 Å². The number of ether oxygens (including phenoxy) is 2. The van der Waals surface area contributed by atoms with E-state index in [1.807, 2.05) is 52.0 Å². The first kappa shape index (κ1) is 49.3. The molecule has 67 heavy (non-hydrogen) atoms. The van der Waals surface area contributed by atoms with Gasteiger partial charge in [0.15, 0.2) is 0 Å². The number of hydrazine groups is 1. The number of esters is 1. The Labute approximate surface area is 398 Å². The molecule has 6 bridgehead atoms. The fourth-order valence-corrected chi connectivity index (χ4v) is 10.6. The standard InChI is InChI=1S/C52H66N7O7Si/c1-11-42(60)57-25-22-51(8,30-57)48(63)56(9)44(32(3)4)46(61)54-40-27-34-16-13-17-35(26-34)36-19-20-41-38(28-36)39(45(58(41)12-2)37-18-14-23-53-43(37)33(5)65-10)29-50(6,7)31-66-49(64)52(67)21-15-24-59(55-52)47(40)62/h11,13-14,16-20,23,26,28,32-33,40,44,55H,1,12,15,21-22,24-25,27,29-31H2,2-10H3,(H,54,61)/t33-,40-,44-,51-,52-/m0/s1. The molecular formula is C52H66N7O7Si. The number of pyridine rings is 1. The van der Waals surface area contributed by atoms with Gasteiger partial charge in [0.1, 0.15) is 17.2 Å². The zero-order valence-corrected chi connectivity index (χ0v) is 41.5. The molecule has 3 radical (unpaired) electrons. The maximum atomic E-state index is 14.9. The van der Waals surface area contributed by atoms with E-state index in [2.05, 4.69) is 83.2 Å². The molecule has 2 aromatic carbocycles. The third kappa shape index (κ3) is 9.86. The second-order valence-corrected chi connectivity index (χ2v) is 20.8. The van der Waals surface area contributed by atoms with Gasteiger partial charge in [0.2, 0.25) is 17.7 Å². The maximum absolute atomic E-state index is 14.9. The number of fused-ring (bicyclic) bond motifs is 6. The number of cyclic esters (lactones) is 1. The van der Waals surface area contributed by atoms with Gasteiger partial charge in [-0.05, 0) is 105 Å². The molecule has 0 spiro atoms. The molecule has 4 aromatic rings. The summed E-state index contributed by atoms with van der Waals surface area (Å²) in [6.45, 7) is 19.1. The lowest BCUT2D eigenvalue weighted by Crippen LogP contribution is -2.67. The largest absolute Gasteiger partial charge is 0.464 e. The number of nitrogens with one attached hydrogen (secondary N) is 2. The van der Waals surface area contributed by atoms with Crippen molar-refractivity contribution >= 4 is 50.7 Å². The summed E-state index contributed by atoms with van der Waals surface area (Å²) in [5.41, 5.74) is 9.41. The zero-order chi connectivity index (χ0) is 48.6. The molecule has 3 aliphatic heterocycles. The van der Waals surface area contributed by atoms with Crippen LogP contribution < -0.4 is 10.7 Å². The number of nitrogens with zero attached hydrogens (tertiary/aromatic N) is 5. The summed E-state index contributed by atoms with van der Waals surface area (Å²) in [6.07, 6.45) is 4.71. The molecule has 355 valence electrons. The summed E-state index contributed by atoms with van der Waals surface area (Å²) in [5, 5.41) is 4.11. The Morgan fingerprint density at radius 3 is 2.51 bits per heavy atom. The summed E-state index contributed by atoms with van der Waals surface area (Å²) < 4.78 is 14.3. The predicted molar refractivity (Wildman–Crippen MR) is 259 cm³/mol. The predicted octanol–water partition coefficient (Wildman–Crippen LogP) is 6.15. The van der Waals surface area contributed by atoms with Crippen molar-refractivity contribution in [3.63, 3.8) is 0 Å². The van der Waals surface area contributed by atoms with Crippen LogP contribution in [0.25, 0.3) is 33.3 Å². The van der Waals surface area contributed by atoms with Gasteiger partial charge in [-0.25, -0.2) is 5.43 Å². The van der Waals surface area contributed by atoms with Crippen molar-refractivity contribution in [2.45, 2.75) is 110 Å². The number of likely N-dealkylation sites (tertiary alicyclic amines) is 1. The molecule has 2 aromatic heterocycles. The number of amides is 4. The van der Waals surface area contributed by atoms with Crippen LogP contribution in [-0.4, -0.2) is 122 Å².